The first kappa shape index (κ1) is 23.1. The molecule has 1 N–H and O–H groups in total. The van der Waals surface area contributed by atoms with Crippen molar-refractivity contribution in [1.82, 2.24) is 14.9 Å². The van der Waals surface area contributed by atoms with E-state index in [0.29, 0.717) is 10.8 Å². The van der Waals surface area contributed by atoms with Gasteiger partial charge in [0.15, 0.2) is 5.11 Å². The zero-order valence-electron chi connectivity index (χ0n) is 19.1. The largest absolute Gasteiger partial charge is 0.418 e. The van der Waals surface area contributed by atoms with Crippen molar-refractivity contribution in [2.24, 2.45) is 0 Å². The van der Waals surface area contributed by atoms with Gasteiger partial charge in [-0.25, -0.2) is 0 Å². The van der Waals surface area contributed by atoms with E-state index in [-0.39, 0.29) is 17.8 Å². The summed E-state index contributed by atoms with van der Waals surface area (Å²) < 4.78 is 43.3. The third-order valence-corrected chi connectivity index (χ3v) is 6.69. The van der Waals surface area contributed by atoms with Crippen LogP contribution in [-0.4, -0.2) is 14.7 Å². The Hall–Kier alpha value is -3.65. The van der Waals surface area contributed by atoms with E-state index < -0.39 is 11.7 Å². The first-order valence-corrected chi connectivity index (χ1v) is 11.6. The maximum atomic E-state index is 13.9. The van der Waals surface area contributed by atoms with Crippen molar-refractivity contribution in [1.29, 1.82) is 0 Å². The normalized spacial score (nSPS) is 18.1. The molecule has 0 spiro atoms. The van der Waals surface area contributed by atoms with Crippen LogP contribution in [-0.2, 0) is 6.18 Å². The molecule has 1 saturated heterocycles. The second-order valence-electron chi connectivity index (χ2n) is 8.51. The van der Waals surface area contributed by atoms with Crippen LogP contribution in [0.5, 0.6) is 0 Å². The molecule has 1 aliphatic heterocycles. The van der Waals surface area contributed by atoms with Crippen LogP contribution in [0.1, 0.15) is 40.3 Å². The van der Waals surface area contributed by atoms with Crippen molar-refractivity contribution in [2.45, 2.75) is 32.1 Å². The predicted octanol–water partition coefficient (Wildman–Crippen LogP) is 6.69. The summed E-state index contributed by atoms with van der Waals surface area (Å²) >= 11 is 5.75. The second-order valence-corrected chi connectivity index (χ2v) is 8.90. The molecule has 4 aromatic rings. The third kappa shape index (κ3) is 4.08. The van der Waals surface area contributed by atoms with Gasteiger partial charge in [0.25, 0.3) is 0 Å². The molecular weight excluding hydrogens is 469 g/mol. The number of para-hydroxylation sites is 2. The minimum atomic E-state index is -4.47. The van der Waals surface area contributed by atoms with Crippen molar-refractivity contribution in [3.63, 3.8) is 0 Å². The average molecular weight is 493 g/mol. The number of nitrogens with one attached hydrogen (secondary N) is 1. The van der Waals surface area contributed by atoms with Crippen LogP contribution in [0.25, 0.3) is 5.69 Å². The number of nitrogens with zero attached hydrogens (tertiary/aromatic N) is 3. The molecule has 2 atom stereocenters. The number of benzene rings is 2. The van der Waals surface area contributed by atoms with Gasteiger partial charge in [0.1, 0.15) is 0 Å². The zero-order valence-corrected chi connectivity index (χ0v) is 19.9. The fourth-order valence-corrected chi connectivity index (χ4v) is 5.25. The summed E-state index contributed by atoms with van der Waals surface area (Å²) in [5.41, 5.74) is 3.45. The zero-order chi connectivity index (χ0) is 24.7. The Bertz CT molecular complexity index is 1370. The highest BCUT2D eigenvalue weighted by Crippen LogP contribution is 2.44. The monoisotopic (exact) mass is 492 g/mol. The first-order chi connectivity index (χ1) is 16.8. The Morgan fingerprint density at radius 1 is 0.914 bits per heavy atom. The SMILES string of the molecule is Cc1cc(C2C(c3ccccn3)NC(=S)N2c2ccccc2)c(C)n1-c1ccccc1C(F)(F)F. The second kappa shape index (κ2) is 8.85. The molecule has 35 heavy (non-hydrogen) atoms. The van der Waals surface area contributed by atoms with Crippen LogP contribution in [0, 0.1) is 13.8 Å². The number of alkyl halides is 3. The number of pyridine rings is 1. The van der Waals surface area contributed by atoms with E-state index >= 15 is 0 Å². The van der Waals surface area contributed by atoms with Gasteiger partial charge in [-0.05, 0) is 74.1 Å². The molecule has 2 aromatic heterocycles. The Kier molecular flexibility index (Phi) is 5.84. The lowest BCUT2D eigenvalue weighted by molar-refractivity contribution is -0.137. The summed E-state index contributed by atoms with van der Waals surface area (Å²) in [4.78, 5) is 6.58. The van der Waals surface area contributed by atoms with E-state index in [0.717, 1.165) is 28.7 Å². The van der Waals surface area contributed by atoms with Gasteiger partial charge in [-0.1, -0.05) is 36.4 Å². The van der Waals surface area contributed by atoms with Gasteiger partial charge in [0.05, 0.1) is 29.0 Å². The molecule has 0 saturated carbocycles. The maximum absolute atomic E-state index is 13.9. The molecule has 3 heterocycles. The minimum Gasteiger partial charge on any atom is -0.351 e. The lowest BCUT2D eigenvalue weighted by Crippen LogP contribution is -2.29. The summed E-state index contributed by atoms with van der Waals surface area (Å²) in [5.74, 6) is 0. The molecule has 5 rings (SSSR count). The number of thiocarbonyl (C=S) groups is 1. The van der Waals surface area contributed by atoms with E-state index in [1.165, 1.54) is 12.1 Å². The van der Waals surface area contributed by atoms with Crippen molar-refractivity contribution < 1.29 is 13.2 Å². The summed E-state index contributed by atoms with van der Waals surface area (Å²) in [6, 6.07) is 22.5. The molecule has 2 aromatic carbocycles. The van der Waals surface area contributed by atoms with E-state index in [1.54, 1.807) is 16.8 Å². The molecule has 0 radical (unpaired) electrons. The number of aryl methyl sites for hydroxylation is 1. The number of aromatic nitrogens is 2. The van der Waals surface area contributed by atoms with Crippen LogP contribution in [0.2, 0.25) is 0 Å². The molecule has 178 valence electrons. The number of halogens is 3. The molecule has 0 bridgehead atoms. The fourth-order valence-electron chi connectivity index (χ4n) is 4.90. The van der Waals surface area contributed by atoms with Crippen LogP contribution < -0.4 is 10.2 Å². The van der Waals surface area contributed by atoms with Crippen molar-refractivity contribution >= 4 is 23.0 Å². The van der Waals surface area contributed by atoms with E-state index in [9.17, 15) is 13.2 Å². The highest BCUT2D eigenvalue weighted by Gasteiger charge is 2.42. The number of hydrogen-bond acceptors (Lipinski definition) is 2. The minimum absolute atomic E-state index is 0.107. The average Bonchev–Trinajstić information content (AvgIpc) is 3.34. The number of rotatable bonds is 4. The van der Waals surface area contributed by atoms with Crippen LogP contribution in [0.4, 0.5) is 18.9 Å². The summed E-state index contributed by atoms with van der Waals surface area (Å²) in [6.07, 6.45) is -2.74. The highest BCUT2D eigenvalue weighted by molar-refractivity contribution is 7.80. The standard InChI is InChI=1S/C27H23F3N4S/c1-17-16-20(18(2)33(17)23-14-7-6-12-21(23)27(28,29)30)25-24(22-13-8-9-15-31-22)32-26(35)34(25)19-10-4-3-5-11-19/h3-16,24-25H,1-2H3,(H,32,35). The van der Waals surface area contributed by atoms with Crippen molar-refractivity contribution in [2.75, 3.05) is 4.90 Å². The third-order valence-electron chi connectivity index (χ3n) is 6.37. The molecule has 2 unspecified atom stereocenters. The van der Waals surface area contributed by atoms with E-state index in [4.69, 9.17) is 12.2 Å². The quantitative estimate of drug-likeness (QED) is 0.322. The molecule has 1 aliphatic rings. The maximum Gasteiger partial charge on any atom is 0.418 e. The van der Waals surface area contributed by atoms with E-state index in [2.05, 4.69) is 10.3 Å². The van der Waals surface area contributed by atoms with Gasteiger partial charge in [-0.3, -0.25) is 4.98 Å². The van der Waals surface area contributed by atoms with Gasteiger partial charge in [0, 0.05) is 23.3 Å². The van der Waals surface area contributed by atoms with Crippen LogP contribution in [0.3, 0.4) is 0 Å². The van der Waals surface area contributed by atoms with Crippen molar-refractivity contribution in [3.8, 4) is 5.69 Å². The van der Waals surface area contributed by atoms with Gasteiger partial charge in [-0.2, -0.15) is 13.2 Å². The molecule has 1 fully saturated rings. The topological polar surface area (TPSA) is 33.1 Å². The molecular formula is C27H23F3N4S. The van der Waals surface area contributed by atoms with Gasteiger partial charge < -0.3 is 14.8 Å². The Labute approximate surface area is 207 Å². The lowest BCUT2D eigenvalue weighted by atomic mass is 9.96. The van der Waals surface area contributed by atoms with Crippen LogP contribution in [0.15, 0.2) is 85.1 Å². The fraction of sp³-hybridized carbons (Fsp3) is 0.185. The van der Waals surface area contributed by atoms with Gasteiger partial charge in [0.2, 0.25) is 0 Å². The smallest absolute Gasteiger partial charge is 0.351 e. The van der Waals surface area contributed by atoms with Crippen molar-refractivity contribution in [3.05, 3.63) is 113 Å². The molecule has 0 aliphatic carbocycles. The van der Waals surface area contributed by atoms with E-state index in [1.807, 2.05) is 73.3 Å². The molecule has 0 amide bonds. The molecule has 4 nitrogen and oxygen atoms in total. The highest BCUT2D eigenvalue weighted by atomic mass is 32.1. The Morgan fingerprint density at radius 2 is 1.60 bits per heavy atom. The first-order valence-electron chi connectivity index (χ1n) is 11.2. The van der Waals surface area contributed by atoms with Gasteiger partial charge >= 0.3 is 6.18 Å². The lowest BCUT2D eigenvalue weighted by Gasteiger charge is -2.28. The number of hydrogen-bond donors (Lipinski definition) is 1. The Balaban J connectivity index is 1.70. The summed E-state index contributed by atoms with van der Waals surface area (Å²) in [7, 11) is 0. The predicted molar refractivity (Wildman–Crippen MR) is 135 cm³/mol. The number of anilines is 1. The molecule has 8 heteroatoms. The van der Waals surface area contributed by atoms with Gasteiger partial charge in [-0.15, -0.1) is 0 Å². The Morgan fingerprint density at radius 3 is 2.29 bits per heavy atom. The summed E-state index contributed by atoms with van der Waals surface area (Å²) in [6.45, 7) is 3.68. The van der Waals surface area contributed by atoms with Crippen LogP contribution >= 0.6 is 12.2 Å². The summed E-state index contributed by atoms with van der Waals surface area (Å²) in [5, 5.41) is 3.94.